The van der Waals surface area contributed by atoms with Crippen LogP contribution >= 0.6 is 11.6 Å². The first-order valence-electron chi connectivity index (χ1n) is 8.99. The van der Waals surface area contributed by atoms with Gasteiger partial charge in [0.05, 0.1) is 24.8 Å². The lowest BCUT2D eigenvalue weighted by molar-refractivity contribution is -0.384. The van der Waals surface area contributed by atoms with E-state index in [1.807, 2.05) is 12.1 Å². The number of benzene rings is 2. The van der Waals surface area contributed by atoms with Crippen molar-refractivity contribution in [2.45, 2.75) is 6.54 Å². The minimum Gasteiger partial charge on any atom is -0.497 e. The highest BCUT2D eigenvalue weighted by atomic mass is 35.5. The summed E-state index contributed by atoms with van der Waals surface area (Å²) in [5.41, 5.74) is 2.64. The lowest BCUT2D eigenvalue weighted by Crippen LogP contribution is -2.30. The summed E-state index contributed by atoms with van der Waals surface area (Å²) in [5, 5.41) is 14.7. The molecule has 0 aliphatic rings. The van der Waals surface area contributed by atoms with Gasteiger partial charge in [0.15, 0.2) is 0 Å². The van der Waals surface area contributed by atoms with Gasteiger partial charge >= 0.3 is 0 Å². The maximum Gasteiger partial charge on any atom is 0.288 e. The number of hydrazone groups is 1. The van der Waals surface area contributed by atoms with Crippen molar-refractivity contribution >= 4 is 29.4 Å². The van der Waals surface area contributed by atoms with Gasteiger partial charge in [0, 0.05) is 17.8 Å². The van der Waals surface area contributed by atoms with E-state index in [0.29, 0.717) is 11.3 Å². The van der Waals surface area contributed by atoms with Crippen LogP contribution in [0.5, 0.6) is 5.75 Å². The van der Waals surface area contributed by atoms with Crippen LogP contribution in [0.2, 0.25) is 5.02 Å². The van der Waals surface area contributed by atoms with Crippen LogP contribution in [0.3, 0.4) is 0 Å². The number of ether oxygens (including phenoxy) is 1. The summed E-state index contributed by atoms with van der Waals surface area (Å²) in [6.07, 6.45) is 2.81. The average molecular weight is 441 g/mol. The largest absolute Gasteiger partial charge is 0.497 e. The molecule has 3 aromatic rings. The van der Waals surface area contributed by atoms with E-state index in [9.17, 15) is 19.7 Å². The van der Waals surface area contributed by atoms with E-state index < -0.39 is 16.4 Å². The van der Waals surface area contributed by atoms with E-state index >= 15 is 0 Å². The van der Waals surface area contributed by atoms with Crippen LogP contribution in [-0.2, 0) is 6.54 Å². The van der Waals surface area contributed by atoms with Crippen LogP contribution in [0.1, 0.15) is 21.5 Å². The predicted octanol–water partition coefficient (Wildman–Crippen LogP) is 3.23. The highest BCUT2D eigenvalue weighted by molar-refractivity contribution is 6.32. The lowest BCUT2D eigenvalue weighted by atomic mass is 10.2. The predicted molar refractivity (Wildman–Crippen MR) is 116 cm³/mol. The van der Waals surface area contributed by atoms with Gasteiger partial charge in [0.1, 0.15) is 16.3 Å². The van der Waals surface area contributed by atoms with E-state index in [1.165, 1.54) is 35.0 Å². The molecular formula is C21H17ClN4O5. The van der Waals surface area contributed by atoms with Gasteiger partial charge in [-0.05, 0) is 35.9 Å². The number of nitrogens with one attached hydrogen (secondary N) is 1. The van der Waals surface area contributed by atoms with E-state index in [4.69, 9.17) is 16.3 Å². The number of carbonyl (C=O) groups excluding carboxylic acids is 1. The van der Waals surface area contributed by atoms with Crippen LogP contribution in [0.15, 0.2) is 70.7 Å². The molecule has 0 radical (unpaired) electrons. The normalized spacial score (nSPS) is 10.8. The fourth-order valence-electron chi connectivity index (χ4n) is 2.74. The van der Waals surface area contributed by atoms with Gasteiger partial charge < -0.3 is 9.30 Å². The van der Waals surface area contributed by atoms with Gasteiger partial charge in [-0.15, -0.1) is 0 Å². The zero-order valence-electron chi connectivity index (χ0n) is 16.3. The molecule has 2 aromatic carbocycles. The SMILES string of the molecule is COc1ccc(Cn2cccc(C(=O)N/N=C\c3ccc(Cl)c([N+](=O)[O-])c3)c2=O)cc1. The Labute approximate surface area is 181 Å². The van der Waals surface area contributed by atoms with Gasteiger partial charge in [-0.25, -0.2) is 5.43 Å². The molecule has 0 aliphatic carbocycles. The highest BCUT2D eigenvalue weighted by Gasteiger charge is 2.13. The molecule has 158 valence electrons. The number of halogens is 1. The Kier molecular flexibility index (Phi) is 6.78. The molecule has 0 aliphatic heterocycles. The second kappa shape index (κ2) is 9.68. The summed E-state index contributed by atoms with van der Waals surface area (Å²) in [4.78, 5) is 35.4. The monoisotopic (exact) mass is 440 g/mol. The maximum atomic E-state index is 12.7. The molecule has 1 heterocycles. The van der Waals surface area contributed by atoms with Gasteiger partial charge in [-0.3, -0.25) is 19.7 Å². The van der Waals surface area contributed by atoms with Crippen molar-refractivity contribution in [3.63, 3.8) is 0 Å². The van der Waals surface area contributed by atoms with Crippen molar-refractivity contribution in [3.05, 3.63) is 103 Å². The second-order valence-electron chi connectivity index (χ2n) is 6.37. The molecule has 0 spiro atoms. The highest BCUT2D eigenvalue weighted by Crippen LogP contribution is 2.24. The van der Waals surface area contributed by atoms with Crippen LogP contribution in [-0.4, -0.2) is 28.7 Å². The molecule has 0 unspecified atom stereocenters. The van der Waals surface area contributed by atoms with E-state index in [1.54, 1.807) is 31.5 Å². The topological polar surface area (TPSA) is 116 Å². The molecule has 0 fully saturated rings. The van der Waals surface area contributed by atoms with Crippen molar-refractivity contribution in [3.8, 4) is 5.75 Å². The number of pyridine rings is 1. The van der Waals surface area contributed by atoms with Crippen molar-refractivity contribution < 1.29 is 14.5 Å². The number of nitro benzene ring substituents is 1. The first-order chi connectivity index (χ1) is 14.9. The number of amides is 1. The zero-order chi connectivity index (χ0) is 22.4. The number of carbonyl (C=O) groups is 1. The number of hydrogen-bond acceptors (Lipinski definition) is 6. The standard InChI is InChI=1S/C21H17ClN4O5/c1-31-16-7-4-14(5-8-16)13-25-10-2-3-17(21(25)28)20(27)24-23-12-15-6-9-18(22)19(11-15)26(29)30/h2-12H,13H2,1H3,(H,24,27)/b23-12-. The number of nitrogens with zero attached hydrogens (tertiary/aromatic N) is 3. The first-order valence-corrected chi connectivity index (χ1v) is 9.36. The molecule has 1 N–H and O–H groups in total. The van der Waals surface area contributed by atoms with Crippen molar-refractivity contribution in [2.75, 3.05) is 7.11 Å². The van der Waals surface area contributed by atoms with E-state index in [2.05, 4.69) is 10.5 Å². The summed E-state index contributed by atoms with van der Waals surface area (Å²) < 4.78 is 6.52. The summed E-state index contributed by atoms with van der Waals surface area (Å²) >= 11 is 5.76. The first kappa shape index (κ1) is 21.7. The zero-order valence-corrected chi connectivity index (χ0v) is 17.1. The van der Waals surface area contributed by atoms with Crippen LogP contribution in [0.25, 0.3) is 0 Å². The Balaban J connectivity index is 1.72. The summed E-state index contributed by atoms with van der Waals surface area (Å²) in [6, 6.07) is 14.3. The van der Waals surface area contributed by atoms with Crippen LogP contribution < -0.4 is 15.7 Å². The molecule has 0 saturated heterocycles. The molecule has 9 nitrogen and oxygen atoms in total. The Morgan fingerprint density at radius 3 is 2.68 bits per heavy atom. The van der Waals surface area contributed by atoms with Gasteiger partial charge in [0.2, 0.25) is 0 Å². The van der Waals surface area contributed by atoms with Gasteiger partial charge in [-0.2, -0.15) is 5.10 Å². The fraction of sp³-hybridized carbons (Fsp3) is 0.0952. The lowest BCUT2D eigenvalue weighted by Gasteiger charge is -2.08. The molecule has 0 atom stereocenters. The van der Waals surface area contributed by atoms with E-state index in [-0.39, 0.29) is 22.8 Å². The van der Waals surface area contributed by atoms with Crippen molar-refractivity contribution in [1.29, 1.82) is 0 Å². The van der Waals surface area contributed by atoms with E-state index in [0.717, 1.165) is 5.56 Å². The number of nitro groups is 1. The Morgan fingerprint density at radius 2 is 2.00 bits per heavy atom. The minimum atomic E-state index is -0.700. The van der Waals surface area contributed by atoms with Crippen LogP contribution in [0.4, 0.5) is 5.69 Å². The summed E-state index contributed by atoms with van der Waals surface area (Å²) in [5.74, 6) is 0.00176. The number of aromatic nitrogens is 1. The third-order valence-corrected chi connectivity index (χ3v) is 4.64. The Morgan fingerprint density at radius 1 is 1.26 bits per heavy atom. The molecule has 3 rings (SSSR count). The number of hydrogen-bond donors (Lipinski definition) is 1. The summed E-state index contributed by atoms with van der Waals surface area (Å²) in [6.45, 7) is 0.279. The molecule has 0 bridgehead atoms. The van der Waals surface area contributed by atoms with Crippen LogP contribution in [0, 0.1) is 10.1 Å². The number of rotatable bonds is 7. The minimum absolute atomic E-state index is 0.00659. The van der Waals surface area contributed by atoms with Gasteiger partial charge in [0.25, 0.3) is 17.2 Å². The molecule has 10 heteroatoms. The quantitative estimate of drug-likeness (QED) is 0.344. The molecule has 1 aromatic heterocycles. The van der Waals surface area contributed by atoms with Crippen molar-refractivity contribution in [2.24, 2.45) is 5.10 Å². The molecule has 1 amide bonds. The Hall–Kier alpha value is -3.98. The Bertz CT molecular complexity index is 1210. The fourth-order valence-corrected chi connectivity index (χ4v) is 2.92. The molecular weight excluding hydrogens is 424 g/mol. The van der Waals surface area contributed by atoms with Crippen molar-refractivity contribution in [1.82, 2.24) is 9.99 Å². The molecule has 31 heavy (non-hydrogen) atoms. The number of methoxy groups -OCH3 is 1. The average Bonchev–Trinajstić information content (AvgIpc) is 2.76. The summed E-state index contributed by atoms with van der Waals surface area (Å²) in [7, 11) is 1.57. The second-order valence-corrected chi connectivity index (χ2v) is 6.78. The van der Waals surface area contributed by atoms with Gasteiger partial charge in [-0.1, -0.05) is 29.8 Å². The maximum absolute atomic E-state index is 12.7. The third-order valence-electron chi connectivity index (χ3n) is 4.32. The molecule has 0 saturated carbocycles. The third kappa shape index (κ3) is 5.34. The smallest absolute Gasteiger partial charge is 0.288 e.